The van der Waals surface area contributed by atoms with Crippen molar-refractivity contribution in [2.24, 2.45) is 0 Å². The van der Waals surface area contributed by atoms with Gasteiger partial charge in [-0.3, -0.25) is 0 Å². The third-order valence-electron chi connectivity index (χ3n) is 1.81. The first-order chi connectivity index (χ1) is 7.00. The number of rotatable bonds is 9. The van der Waals surface area contributed by atoms with Crippen molar-refractivity contribution >= 4 is 0 Å². The minimum Gasteiger partial charge on any atom is -0.317 e. The Morgan fingerprint density at radius 2 is 1.67 bits per heavy atom. The highest BCUT2D eigenvalue weighted by Crippen LogP contribution is 2.21. The Morgan fingerprint density at radius 1 is 1.07 bits per heavy atom. The van der Waals surface area contributed by atoms with Crippen molar-refractivity contribution in [1.29, 1.82) is 0 Å². The van der Waals surface area contributed by atoms with Crippen LogP contribution in [0.1, 0.15) is 19.8 Å². The van der Waals surface area contributed by atoms with Crippen molar-refractivity contribution in [3.05, 3.63) is 0 Å². The second kappa shape index (κ2) is 7.87. The lowest BCUT2D eigenvalue weighted by Crippen LogP contribution is -2.39. The summed E-state index contributed by atoms with van der Waals surface area (Å²) in [6.07, 6.45) is -1.93. The van der Waals surface area contributed by atoms with E-state index in [1.165, 1.54) is 0 Å². The SMILES string of the molecule is CCCNCCCNCC(F)(F)C(F)F. The van der Waals surface area contributed by atoms with Crippen molar-refractivity contribution < 1.29 is 17.6 Å². The summed E-state index contributed by atoms with van der Waals surface area (Å²) in [4.78, 5) is 0. The van der Waals surface area contributed by atoms with Crippen LogP contribution in [0.5, 0.6) is 0 Å². The Kier molecular flexibility index (Phi) is 7.68. The zero-order chi connectivity index (χ0) is 11.7. The molecule has 0 aromatic rings. The molecule has 2 nitrogen and oxygen atoms in total. The Bertz CT molecular complexity index is 153. The van der Waals surface area contributed by atoms with E-state index in [0.29, 0.717) is 19.5 Å². The highest BCUT2D eigenvalue weighted by molar-refractivity contribution is 4.71. The predicted octanol–water partition coefficient (Wildman–Crippen LogP) is 1.87. The fourth-order valence-electron chi connectivity index (χ4n) is 0.972. The van der Waals surface area contributed by atoms with Gasteiger partial charge in [0.05, 0.1) is 6.54 Å². The second-order valence-electron chi connectivity index (χ2n) is 3.34. The van der Waals surface area contributed by atoms with Gasteiger partial charge in [-0.25, -0.2) is 8.78 Å². The smallest absolute Gasteiger partial charge is 0.317 e. The van der Waals surface area contributed by atoms with Crippen molar-refractivity contribution in [3.63, 3.8) is 0 Å². The normalized spacial score (nSPS) is 12.4. The van der Waals surface area contributed by atoms with Crippen molar-refractivity contribution in [2.45, 2.75) is 32.1 Å². The zero-order valence-electron chi connectivity index (χ0n) is 8.83. The first-order valence-corrected chi connectivity index (χ1v) is 5.08. The van der Waals surface area contributed by atoms with Crippen LogP contribution in [0.4, 0.5) is 17.6 Å². The van der Waals surface area contributed by atoms with Gasteiger partial charge in [-0.1, -0.05) is 6.92 Å². The molecule has 0 fully saturated rings. The van der Waals surface area contributed by atoms with Crippen LogP contribution < -0.4 is 10.6 Å². The van der Waals surface area contributed by atoms with Gasteiger partial charge in [-0.2, -0.15) is 8.78 Å². The van der Waals surface area contributed by atoms with E-state index in [1.54, 1.807) is 0 Å². The van der Waals surface area contributed by atoms with Gasteiger partial charge in [0.2, 0.25) is 0 Å². The summed E-state index contributed by atoms with van der Waals surface area (Å²) in [5, 5.41) is 5.39. The third-order valence-corrected chi connectivity index (χ3v) is 1.81. The van der Waals surface area contributed by atoms with Gasteiger partial charge in [0, 0.05) is 0 Å². The van der Waals surface area contributed by atoms with Crippen LogP contribution in [0.2, 0.25) is 0 Å². The van der Waals surface area contributed by atoms with Crippen LogP contribution in [0.25, 0.3) is 0 Å². The Balaban J connectivity index is 3.31. The third kappa shape index (κ3) is 7.56. The molecule has 0 aromatic heterocycles. The predicted molar refractivity (Wildman–Crippen MR) is 51.6 cm³/mol. The first kappa shape index (κ1) is 14.6. The van der Waals surface area contributed by atoms with Crippen molar-refractivity contribution in [1.82, 2.24) is 10.6 Å². The molecule has 0 spiro atoms. The highest BCUT2D eigenvalue weighted by Gasteiger charge is 2.39. The second-order valence-corrected chi connectivity index (χ2v) is 3.34. The lowest BCUT2D eigenvalue weighted by molar-refractivity contribution is -0.125. The van der Waals surface area contributed by atoms with E-state index in [2.05, 4.69) is 10.6 Å². The first-order valence-electron chi connectivity index (χ1n) is 5.08. The molecule has 0 rings (SSSR count). The van der Waals surface area contributed by atoms with Gasteiger partial charge in [-0.05, 0) is 32.5 Å². The van der Waals surface area contributed by atoms with Crippen LogP contribution in [-0.4, -0.2) is 38.5 Å². The molecule has 0 aliphatic heterocycles. The zero-order valence-corrected chi connectivity index (χ0v) is 8.83. The Labute approximate surface area is 87.4 Å². The summed E-state index contributed by atoms with van der Waals surface area (Å²) in [5.41, 5.74) is 0. The molecule has 2 N–H and O–H groups in total. The molecule has 0 radical (unpaired) electrons. The molecule has 0 saturated carbocycles. The molecule has 0 unspecified atom stereocenters. The number of hydrogen-bond acceptors (Lipinski definition) is 2. The van der Waals surface area contributed by atoms with Crippen LogP contribution >= 0.6 is 0 Å². The fourth-order valence-corrected chi connectivity index (χ4v) is 0.972. The minimum atomic E-state index is -3.92. The molecular weight excluding hydrogens is 212 g/mol. The average molecular weight is 230 g/mol. The van der Waals surface area contributed by atoms with Gasteiger partial charge >= 0.3 is 12.3 Å². The molecule has 92 valence electrons. The van der Waals surface area contributed by atoms with Gasteiger partial charge < -0.3 is 10.6 Å². The molecule has 0 aromatic carbocycles. The van der Waals surface area contributed by atoms with E-state index in [-0.39, 0.29) is 0 Å². The fraction of sp³-hybridized carbons (Fsp3) is 1.00. The van der Waals surface area contributed by atoms with Crippen LogP contribution in [0.15, 0.2) is 0 Å². The number of halogens is 4. The number of hydrogen-bond donors (Lipinski definition) is 2. The van der Waals surface area contributed by atoms with E-state index in [9.17, 15) is 17.6 Å². The van der Waals surface area contributed by atoms with Gasteiger partial charge in [0.15, 0.2) is 0 Å². The van der Waals surface area contributed by atoms with Crippen LogP contribution in [0, 0.1) is 0 Å². The quantitative estimate of drug-likeness (QED) is 0.466. The van der Waals surface area contributed by atoms with E-state index < -0.39 is 18.9 Å². The summed E-state index contributed by atoms with van der Waals surface area (Å²) in [6, 6.07) is 0. The lowest BCUT2D eigenvalue weighted by atomic mass is 10.3. The average Bonchev–Trinajstić information content (AvgIpc) is 2.16. The maximum Gasteiger partial charge on any atom is 0.319 e. The number of alkyl halides is 4. The molecule has 0 aliphatic rings. The Morgan fingerprint density at radius 3 is 2.20 bits per heavy atom. The maximum absolute atomic E-state index is 12.3. The maximum atomic E-state index is 12.3. The molecular formula is C9H18F4N2. The molecule has 15 heavy (non-hydrogen) atoms. The summed E-state index contributed by atoms with van der Waals surface area (Å²) in [5.74, 6) is -3.92. The topological polar surface area (TPSA) is 24.1 Å². The van der Waals surface area contributed by atoms with Gasteiger partial charge in [-0.15, -0.1) is 0 Å². The standard InChI is InChI=1S/C9H18F4N2/c1-2-4-14-5-3-6-15-7-9(12,13)8(10)11/h8,14-15H,2-7H2,1H3. The molecule has 0 amide bonds. The van der Waals surface area contributed by atoms with Gasteiger partial charge in [0.25, 0.3) is 0 Å². The number of nitrogens with one attached hydrogen (secondary N) is 2. The van der Waals surface area contributed by atoms with Crippen molar-refractivity contribution in [2.75, 3.05) is 26.2 Å². The van der Waals surface area contributed by atoms with Crippen LogP contribution in [0.3, 0.4) is 0 Å². The van der Waals surface area contributed by atoms with E-state index >= 15 is 0 Å². The summed E-state index contributed by atoms with van der Waals surface area (Å²) < 4.78 is 48.1. The highest BCUT2D eigenvalue weighted by atomic mass is 19.3. The van der Waals surface area contributed by atoms with E-state index in [1.807, 2.05) is 6.92 Å². The van der Waals surface area contributed by atoms with Gasteiger partial charge in [0.1, 0.15) is 0 Å². The molecule has 0 heterocycles. The Hall–Kier alpha value is -0.360. The van der Waals surface area contributed by atoms with E-state index in [0.717, 1.165) is 13.0 Å². The lowest BCUT2D eigenvalue weighted by Gasteiger charge is -2.15. The molecule has 6 heteroatoms. The van der Waals surface area contributed by atoms with Crippen LogP contribution in [-0.2, 0) is 0 Å². The summed E-state index contributed by atoms with van der Waals surface area (Å²) >= 11 is 0. The molecule has 0 aliphatic carbocycles. The summed E-state index contributed by atoms with van der Waals surface area (Å²) in [7, 11) is 0. The van der Waals surface area contributed by atoms with E-state index in [4.69, 9.17) is 0 Å². The van der Waals surface area contributed by atoms with Crippen molar-refractivity contribution in [3.8, 4) is 0 Å². The molecule has 0 saturated heterocycles. The molecule has 0 atom stereocenters. The molecule has 0 bridgehead atoms. The minimum absolute atomic E-state index is 0.318. The largest absolute Gasteiger partial charge is 0.319 e. The monoisotopic (exact) mass is 230 g/mol. The summed E-state index contributed by atoms with van der Waals surface area (Å²) in [6.45, 7) is 2.97.